The average Bonchev–Trinajstić information content (AvgIpc) is 3.48. The minimum absolute atomic E-state index is 0.102. The minimum Gasteiger partial charge on any atom is -0.284 e. The van der Waals surface area contributed by atoms with Gasteiger partial charge in [0.05, 0.1) is 17.5 Å². The van der Waals surface area contributed by atoms with Gasteiger partial charge in [-0.15, -0.1) is 0 Å². The molecule has 3 amide bonds. The Morgan fingerprint density at radius 2 is 0.808 bits per heavy atom. The first-order chi connectivity index (χ1) is 25.6. The van der Waals surface area contributed by atoms with E-state index in [1.165, 1.54) is 4.90 Å². The molecule has 0 saturated carbocycles. The SMILES string of the molecule is O=C1[C@H]2[C@H]3C(=C[C@H](c4ccccc4)[C@H]2C(=O)N1c1ccccc1)N(c1ccccc1)C(=O)C(c1ccccc1)(c1ccccc1)[C@@H]3c1ccccc1. The van der Waals surface area contributed by atoms with Crippen molar-refractivity contribution in [2.45, 2.75) is 17.3 Å². The second kappa shape index (κ2) is 12.8. The fraction of sp³-hybridized carbons (Fsp3) is 0.128. The molecule has 3 aliphatic rings. The summed E-state index contributed by atoms with van der Waals surface area (Å²) in [6.07, 6.45) is 2.13. The standard InChI is InChI=1S/C47H36N2O3/c50-44-40-38(32-19-7-1-8-20-32)31-39-41(42(40)45(51)49(44)37-29-17-6-18-30-37)43(33-21-9-2-10-22-33)47(34-23-11-3-12-24-34,35-25-13-4-14-26-35)46(52)48(39)36-27-15-5-16-28-36/h1-31,38,40-43H/t38-,40-,41-,42-,43-/m1/s1. The Labute approximate surface area is 303 Å². The molecule has 0 radical (unpaired) electrons. The number of rotatable bonds is 6. The van der Waals surface area contributed by atoms with Gasteiger partial charge in [-0.05, 0) is 46.5 Å². The van der Waals surface area contributed by atoms with Gasteiger partial charge in [-0.2, -0.15) is 0 Å². The predicted octanol–water partition coefficient (Wildman–Crippen LogP) is 8.91. The van der Waals surface area contributed by atoms with Crippen LogP contribution in [0.5, 0.6) is 0 Å². The molecule has 0 bridgehead atoms. The van der Waals surface area contributed by atoms with Gasteiger partial charge in [0.1, 0.15) is 5.41 Å². The summed E-state index contributed by atoms with van der Waals surface area (Å²) in [6.45, 7) is 0. The zero-order valence-corrected chi connectivity index (χ0v) is 28.4. The summed E-state index contributed by atoms with van der Waals surface area (Å²) in [4.78, 5) is 49.7. The van der Waals surface area contributed by atoms with Crippen molar-refractivity contribution >= 4 is 29.1 Å². The lowest BCUT2D eigenvalue weighted by molar-refractivity contribution is -0.129. The molecule has 0 aromatic heterocycles. The number of benzene rings is 6. The van der Waals surface area contributed by atoms with Crippen molar-refractivity contribution in [1.82, 2.24) is 0 Å². The van der Waals surface area contributed by atoms with Crippen LogP contribution in [-0.4, -0.2) is 17.7 Å². The van der Waals surface area contributed by atoms with Gasteiger partial charge in [-0.3, -0.25) is 24.2 Å². The number of anilines is 2. The second-order valence-electron chi connectivity index (χ2n) is 13.9. The van der Waals surface area contributed by atoms with Gasteiger partial charge in [0.15, 0.2) is 0 Å². The Hall–Kier alpha value is -6.33. The molecule has 9 rings (SSSR count). The van der Waals surface area contributed by atoms with Crippen LogP contribution in [0.2, 0.25) is 0 Å². The highest BCUT2D eigenvalue weighted by atomic mass is 16.2. The molecule has 2 saturated heterocycles. The van der Waals surface area contributed by atoms with Gasteiger partial charge in [-0.1, -0.05) is 164 Å². The zero-order valence-electron chi connectivity index (χ0n) is 28.4. The van der Waals surface area contributed by atoms with E-state index in [-0.39, 0.29) is 17.7 Å². The third-order valence-electron chi connectivity index (χ3n) is 11.3. The van der Waals surface area contributed by atoms with Crippen molar-refractivity contribution in [2.24, 2.45) is 17.8 Å². The van der Waals surface area contributed by atoms with Crippen LogP contribution in [0.15, 0.2) is 194 Å². The fourth-order valence-corrected chi connectivity index (χ4v) is 9.29. The van der Waals surface area contributed by atoms with E-state index in [1.54, 1.807) is 0 Å². The van der Waals surface area contributed by atoms with E-state index in [9.17, 15) is 4.79 Å². The van der Waals surface area contributed by atoms with Gasteiger partial charge in [0, 0.05) is 29.1 Å². The van der Waals surface area contributed by atoms with Crippen LogP contribution in [-0.2, 0) is 19.8 Å². The Balaban J connectivity index is 1.41. The maximum atomic E-state index is 16.2. The molecule has 5 heteroatoms. The molecule has 2 heterocycles. The van der Waals surface area contributed by atoms with Crippen LogP contribution < -0.4 is 9.80 Å². The van der Waals surface area contributed by atoms with Crippen LogP contribution in [0.3, 0.4) is 0 Å². The molecule has 1 aliphatic carbocycles. The summed E-state index contributed by atoms with van der Waals surface area (Å²) in [6, 6.07) is 59.0. The van der Waals surface area contributed by atoms with Crippen molar-refractivity contribution in [1.29, 1.82) is 0 Å². The van der Waals surface area contributed by atoms with E-state index in [1.807, 2.05) is 175 Å². The molecular formula is C47H36N2O3. The maximum absolute atomic E-state index is 16.2. The molecular weight excluding hydrogens is 641 g/mol. The van der Waals surface area contributed by atoms with Crippen LogP contribution >= 0.6 is 0 Å². The summed E-state index contributed by atoms with van der Waals surface area (Å²) in [5.74, 6) is -3.57. The smallest absolute Gasteiger partial charge is 0.247 e. The molecule has 0 spiro atoms. The number of carbonyl (C=O) groups is 3. The maximum Gasteiger partial charge on any atom is 0.247 e. The molecule has 2 aliphatic heterocycles. The summed E-state index contributed by atoms with van der Waals surface area (Å²) in [5.41, 5.74) is 4.28. The van der Waals surface area contributed by atoms with Crippen molar-refractivity contribution < 1.29 is 14.4 Å². The molecule has 0 unspecified atom stereocenters. The first-order valence-corrected chi connectivity index (χ1v) is 17.9. The van der Waals surface area contributed by atoms with Crippen molar-refractivity contribution in [3.8, 4) is 0 Å². The van der Waals surface area contributed by atoms with Gasteiger partial charge < -0.3 is 0 Å². The number of piperidine rings is 1. The predicted molar refractivity (Wildman–Crippen MR) is 203 cm³/mol. The lowest BCUT2D eigenvalue weighted by atomic mass is 9.51. The highest BCUT2D eigenvalue weighted by Crippen LogP contribution is 2.63. The Kier molecular flexibility index (Phi) is 7.77. The molecule has 6 aromatic carbocycles. The number of allylic oxidation sites excluding steroid dienone is 2. The number of hydrogen-bond donors (Lipinski definition) is 0. The van der Waals surface area contributed by atoms with Gasteiger partial charge in [0.2, 0.25) is 17.7 Å². The Morgan fingerprint density at radius 3 is 1.31 bits per heavy atom. The first kappa shape index (κ1) is 31.6. The third kappa shape index (κ3) is 4.73. The number of fused-ring (bicyclic) bond motifs is 3. The molecule has 0 N–H and O–H groups in total. The van der Waals surface area contributed by atoms with Gasteiger partial charge in [-0.25, -0.2) is 0 Å². The van der Waals surface area contributed by atoms with Crippen LogP contribution in [0.1, 0.15) is 34.1 Å². The Morgan fingerprint density at radius 1 is 0.404 bits per heavy atom. The number of carbonyl (C=O) groups excluding carboxylic acids is 3. The van der Waals surface area contributed by atoms with E-state index >= 15 is 9.59 Å². The molecule has 5 nitrogen and oxygen atoms in total. The van der Waals surface area contributed by atoms with E-state index < -0.39 is 35.0 Å². The van der Waals surface area contributed by atoms with Crippen molar-refractivity contribution in [3.63, 3.8) is 0 Å². The van der Waals surface area contributed by atoms with Gasteiger partial charge in [0.25, 0.3) is 0 Å². The van der Waals surface area contributed by atoms with E-state index in [4.69, 9.17) is 0 Å². The van der Waals surface area contributed by atoms with Crippen LogP contribution in [0, 0.1) is 17.8 Å². The highest BCUT2D eigenvalue weighted by molar-refractivity contribution is 6.23. The van der Waals surface area contributed by atoms with Gasteiger partial charge >= 0.3 is 0 Å². The monoisotopic (exact) mass is 676 g/mol. The quantitative estimate of drug-likeness (QED) is 0.166. The van der Waals surface area contributed by atoms with E-state index in [0.717, 1.165) is 28.0 Å². The molecule has 5 atom stereocenters. The number of para-hydroxylation sites is 2. The number of imide groups is 1. The average molecular weight is 677 g/mol. The number of hydrogen-bond acceptors (Lipinski definition) is 3. The largest absolute Gasteiger partial charge is 0.284 e. The fourth-order valence-electron chi connectivity index (χ4n) is 9.29. The zero-order chi connectivity index (χ0) is 35.2. The van der Waals surface area contributed by atoms with Crippen LogP contribution in [0.4, 0.5) is 11.4 Å². The highest BCUT2D eigenvalue weighted by Gasteiger charge is 2.67. The topological polar surface area (TPSA) is 57.7 Å². The Bertz CT molecular complexity index is 2240. The molecule has 2 fully saturated rings. The summed E-state index contributed by atoms with van der Waals surface area (Å²) in [7, 11) is 0. The van der Waals surface area contributed by atoms with Crippen LogP contribution in [0.25, 0.3) is 0 Å². The van der Waals surface area contributed by atoms with E-state index in [2.05, 4.69) is 18.2 Å². The molecule has 6 aromatic rings. The first-order valence-electron chi connectivity index (χ1n) is 17.9. The summed E-state index contributed by atoms with van der Waals surface area (Å²) < 4.78 is 0. The van der Waals surface area contributed by atoms with E-state index in [0.29, 0.717) is 11.4 Å². The minimum atomic E-state index is -1.27. The lowest BCUT2D eigenvalue weighted by Crippen LogP contribution is -2.62. The third-order valence-corrected chi connectivity index (χ3v) is 11.3. The van der Waals surface area contributed by atoms with Crippen molar-refractivity contribution in [3.05, 3.63) is 216 Å². The summed E-state index contributed by atoms with van der Waals surface area (Å²) >= 11 is 0. The normalized spacial score (nSPS) is 23.5. The lowest BCUT2D eigenvalue weighted by Gasteiger charge is -2.56. The second-order valence-corrected chi connectivity index (χ2v) is 13.9. The number of amides is 3. The number of nitrogens with zero attached hydrogens (tertiary/aromatic N) is 2. The molecule has 52 heavy (non-hydrogen) atoms. The molecule has 252 valence electrons. The summed E-state index contributed by atoms with van der Waals surface area (Å²) in [5, 5.41) is 0. The van der Waals surface area contributed by atoms with Crippen molar-refractivity contribution in [2.75, 3.05) is 9.80 Å².